The molecule has 4 rings (SSSR count). The maximum atomic E-state index is 12.5. The summed E-state index contributed by atoms with van der Waals surface area (Å²) < 4.78 is 10.6. The molecule has 2 N–H and O–H groups in total. The van der Waals surface area contributed by atoms with E-state index in [-0.39, 0.29) is 17.9 Å². The van der Waals surface area contributed by atoms with E-state index in [0.717, 1.165) is 30.8 Å². The summed E-state index contributed by atoms with van der Waals surface area (Å²) in [6.45, 7) is 3.19. The SMILES string of the molecule is CN(C)[C@H]1CCCN(Cc2ccc(C(=O)NCc3ccc4c(c3)OCO4)c(=O)[nH]2)C1. The van der Waals surface area contributed by atoms with Crippen molar-refractivity contribution in [2.24, 2.45) is 0 Å². The van der Waals surface area contributed by atoms with E-state index in [4.69, 9.17) is 9.47 Å². The summed E-state index contributed by atoms with van der Waals surface area (Å²) in [5.41, 5.74) is 1.45. The molecule has 0 unspecified atom stereocenters. The van der Waals surface area contributed by atoms with Crippen LogP contribution in [0.25, 0.3) is 0 Å². The number of piperidine rings is 1. The second kappa shape index (κ2) is 8.89. The molecule has 1 fully saturated rings. The smallest absolute Gasteiger partial charge is 0.261 e. The van der Waals surface area contributed by atoms with Gasteiger partial charge in [0.05, 0.1) is 0 Å². The topological polar surface area (TPSA) is 86.9 Å². The Kier molecular flexibility index (Phi) is 6.06. The number of likely N-dealkylation sites (N-methyl/N-ethyl adjacent to an activating group) is 1. The first kappa shape index (κ1) is 20.4. The van der Waals surface area contributed by atoms with Crippen LogP contribution >= 0.6 is 0 Å². The lowest BCUT2D eigenvalue weighted by atomic mass is 10.0. The molecule has 2 aliphatic rings. The fourth-order valence-electron chi connectivity index (χ4n) is 3.95. The highest BCUT2D eigenvalue weighted by Crippen LogP contribution is 2.32. The number of hydrogen-bond donors (Lipinski definition) is 2. The lowest BCUT2D eigenvalue weighted by Gasteiger charge is -2.36. The Balaban J connectivity index is 1.35. The van der Waals surface area contributed by atoms with E-state index in [2.05, 4.69) is 34.2 Å². The quantitative estimate of drug-likeness (QED) is 0.749. The molecule has 8 heteroatoms. The molecule has 1 aromatic carbocycles. The molecule has 0 saturated carbocycles. The molecule has 30 heavy (non-hydrogen) atoms. The van der Waals surface area contributed by atoms with Gasteiger partial charge in [-0.2, -0.15) is 0 Å². The predicted octanol–water partition coefficient (Wildman–Crippen LogP) is 1.56. The molecule has 0 radical (unpaired) electrons. The van der Waals surface area contributed by atoms with Gasteiger partial charge in [0, 0.05) is 31.4 Å². The maximum Gasteiger partial charge on any atom is 0.261 e. The molecular formula is C22H28N4O4. The van der Waals surface area contributed by atoms with Crippen molar-refractivity contribution >= 4 is 5.91 Å². The lowest BCUT2D eigenvalue weighted by Crippen LogP contribution is -2.44. The van der Waals surface area contributed by atoms with Crippen LogP contribution in [0.1, 0.15) is 34.5 Å². The second-order valence-electron chi connectivity index (χ2n) is 8.09. The number of amides is 1. The molecule has 1 aromatic heterocycles. The number of carbonyl (C=O) groups excluding carboxylic acids is 1. The van der Waals surface area contributed by atoms with Gasteiger partial charge in [-0.25, -0.2) is 0 Å². The van der Waals surface area contributed by atoms with Crippen molar-refractivity contribution in [2.75, 3.05) is 34.0 Å². The van der Waals surface area contributed by atoms with Crippen LogP contribution in [-0.4, -0.2) is 60.7 Å². The molecule has 0 bridgehead atoms. The van der Waals surface area contributed by atoms with Gasteiger partial charge in [-0.15, -0.1) is 0 Å². The Morgan fingerprint density at radius 3 is 2.87 bits per heavy atom. The van der Waals surface area contributed by atoms with Gasteiger partial charge in [-0.3, -0.25) is 14.5 Å². The fourth-order valence-corrected chi connectivity index (χ4v) is 3.95. The Morgan fingerprint density at radius 2 is 2.07 bits per heavy atom. The number of H-pyrrole nitrogens is 1. The van der Waals surface area contributed by atoms with Gasteiger partial charge >= 0.3 is 0 Å². The molecule has 1 saturated heterocycles. The molecule has 1 atom stereocenters. The van der Waals surface area contributed by atoms with Crippen molar-refractivity contribution in [2.45, 2.75) is 32.0 Å². The van der Waals surface area contributed by atoms with Gasteiger partial charge in [0.2, 0.25) is 6.79 Å². The minimum atomic E-state index is -0.397. The zero-order valence-electron chi connectivity index (χ0n) is 17.4. The van der Waals surface area contributed by atoms with E-state index >= 15 is 0 Å². The highest BCUT2D eigenvalue weighted by Gasteiger charge is 2.22. The van der Waals surface area contributed by atoms with E-state index in [1.807, 2.05) is 24.3 Å². The number of likely N-dealkylation sites (tertiary alicyclic amines) is 1. The van der Waals surface area contributed by atoms with E-state index in [9.17, 15) is 9.59 Å². The van der Waals surface area contributed by atoms with Crippen molar-refractivity contribution in [3.63, 3.8) is 0 Å². The number of nitrogens with zero attached hydrogens (tertiary/aromatic N) is 2. The maximum absolute atomic E-state index is 12.5. The average molecular weight is 412 g/mol. The second-order valence-corrected chi connectivity index (χ2v) is 8.09. The molecule has 1 amide bonds. The first-order valence-corrected chi connectivity index (χ1v) is 10.3. The van der Waals surface area contributed by atoms with Crippen LogP contribution < -0.4 is 20.3 Å². The van der Waals surface area contributed by atoms with Gasteiger partial charge in [-0.1, -0.05) is 6.07 Å². The Bertz CT molecular complexity index is 972. The van der Waals surface area contributed by atoms with Gasteiger partial charge in [0.25, 0.3) is 11.5 Å². The number of carbonyl (C=O) groups is 1. The van der Waals surface area contributed by atoms with Crippen molar-refractivity contribution in [1.29, 1.82) is 0 Å². The minimum absolute atomic E-state index is 0.115. The third kappa shape index (κ3) is 4.66. The Hall–Kier alpha value is -2.84. The summed E-state index contributed by atoms with van der Waals surface area (Å²) >= 11 is 0. The zero-order chi connectivity index (χ0) is 21.1. The van der Waals surface area contributed by atoms with E-state index in [1.54, 1.807) is 6.07 Å². The van der Waals surface area contributed by atoms with E-state index in [1.165, 1.54) is 6.42 Å². The largest absolute Gasteiger partial charge is 0.454 e. The molecular weight excluding hydrogens is 384 g/mol. The third-order valence-corrected chi connectivity index (χ3v) is 5.71. The normalized spacial score (nSPS) is 18.6. The zero-order valence-corrected chi connectivity index (χ0v) is 17.4. The number of nitrogens with one attached hydrogen (secondary N) is 2. The van der Waals surface area contributed by atoms with Gasteiger partial charge in [-0.05, 0) is 63.3 Å². The van der Waals surface area contributed by atoms with Crippen molar-refractivity contribution in [3.05, 3.63) is 57.5 Å². The number of ether oxygens (including phenoxy) is 2. The number of rotatable bonds is 6. The molecule has 0 aliphatic carbocycles. The summed E-state index contributed by atoms with van der Waals surface area (Å²) in [5, 5.41) is 2.80. The van der Waals surface area contributed by atoms with Crippen molar-refractivity contribution < 1.29 is 14.3 Å². The third-order valence-electron chi connectivity index (χ3n) is 5.71. The molecule has 3 heterocycles. The van der Waals surface area contributed by atoms with Crippen LogP contribution in [0.5, 0.6) is 11.5 Å². The van der Waals surface area contributed by atoms with Gasteiger partial charge in [0.1, 0.15) is 5.56 Å². The monoisotopic (exact) mass is 412 g/mol. The number of fused-ring (bicyclic) bond motifs is 1. The van der Waals surface area contributed by atoms with Crippen LogP contribution in [0.2, 0.25) is 0 Å². The number of pyridine rings is 1. The van der Waals surface area contributed by atoms with Gasteiger partial charge < -0.3 is 24.7 Å². The Labute approximate surface area is 175 Å². The predicted molar refractivity (Wildman–Crippen MR) is 113 cm³/mol. The van der Waals surface area contributed by atoms with Gasteiger partial charge in [0.15, 0.2) is 11.5 Å². The molecule has 2 aliphatic heterocycles. The number of aromatic nitrogens is 1. The molecule has 2 aromatic rings. The lowest BCUT2D eigenvalue weighted by molar-refractivity contribution is 0.0949. The first-order valence-electron chi connectivity index (χ1n) is 10.3. The van der Waals surface area contributed by atoms with Crippen LogP contribution in [0.3, 0.4) is 0 Å². The van der Waals surface area contributed by atoms with Crippen molar-refractivity contribution in [3.8, 4) is 11.5 Å². The minimum Gasteiger partial charge on any atom is -0.454 e. The molecule has 160 valence electrons. The van der Waals surface area contributed by atoms with Crippen LogP contribution in [0.4, 0.5) is 0 Å². The summed E-state index contributed by atoms with van der Waals surface area (Å²) in [6.07, 6.45) is 2.34. The highest BCUT2D eigenvalue weighted by molar-refractivity contribution is 5.93. The summed E-state index contributed by atoms with van der Waals surface area (Å²) in [7, 11) is 4.21. The van der Waals surface area contributed by atoms with Crippen molar-refractivity contribution in [1.82, 2.24) is 20.1 Å². The van der Waals surface area contributed by atoms with Crippen LogP contribution in [0, 0.1) is 0 Å². The highest BCUT2D eigenvalue weighted by atomic mass is 16.7. The standard InChI is InChI=1S/C22H28N4O4/c1-25(2)17-4-3-9-26(13-17)12-16-6-7-18(22(28)24-16)21(27)23-11-15-5-8-19-20(10-15)30-14-29-19/h5-8,10,17H,3-4,9,11-14H2,1-2H3,(H,23,27)(H,24,28)/t17-/m0/s1. The van der Waals surface area contributed by atoms with E-state index in [0.29, 0.717) is 30.6 Å². The summed E-state index contributed by atoms with van der Waals surface area (Å²) in [5.74, 6) is 0.965. The number of aromatic amines is 1. The number of benzene rings is 1. The fraction of sp³-hybridized carbons (Fsp3) is 0.455. The average Bonchev–Trinajstić information content (AvgIpc) is 3.20. The van der Waals surface area contributed by atoms with E-state index < -0.39 is 5.91 Å². The Morgan fingerprint density at radius 1 is 1.23 bits per heavy atom. The number of hydrogen-bond acceptors (Lipinski definition) is 6. The first-order chi connectivity index (χ1) is 14.5. The molecule has 8 nitrogen and oxygen atoms in total. The molecule has 0 spiro atoms. The summed E-state index contributed by atoms with van der Waals surface area (Å²) in [4.78, 5) is 32.4. The van der Waals surface area contributed by atoms with Crippen LogP contribution in [0.15, 0.2) is 35.1 Å². The van der Waals surface area contributed by atoms with Crippen LogP contribution in [-0.2, 0) is 13.1 Å². The summed E-state index contributed by atoms with van der Waals surface area (Å²) in [6, 6.07) is 9.47.